The van der Waals surface area contributed by atoms with E-state index in [1.807, 2.05) is 6.33 Å². The van der Waals surface area contributed by atoms with Gasteiger partial charge in [-0.05, 0) is 46.5 Å². The lowest BCUT2D eigenvalue weighted by molar-refractivity contribution is 0.559. The lowest BCUT2D eigenvalue weighted by Gasteiger charge is -2.30. The number of nitrogens with one attached hydrogen (secondary N) is 1. The Labute approximate surface area is 132 Å². The fourth-order valence-electron chi connectivity index (χ4n) is 2.74. The molecule has 1 N–H and O–H groups in total. The number of fused-ring (bicyclic) bond motifs is 1. The molecule has 1 fully saturated rings. The van der Waals surface area contributed by atoms with Gasteiger partial charge in [-0.1, -0.05) is 6.07 Å². The minimum absolute atomic E-state index is 0.747. The maximum Gasteiger partial charge on any atom is 0.152 e. The van der Waals surface area contributed by atoms with E-state index in [-0.39, 0.29) is 0 Å². The summed E-state index contributed by atoms with van der Waals surface area (Å²) in [4.78, 5) is 2.35. The van der Waals surface area contributed by atoms with Crippen molar-refractivity contribution >= 4 is 21.6 Å². The molecule has 0 bridgehead atoms. The largest absolute Gasteiger partial charge is 0.361 e. The molecule has 0 radical (unpaired) electrons. The van der Waals surface area contributed by atoms with Crippen LogP contribution in [0.5, 0.6) is 0 Å². The Morgan fingerprint density at radius 3 is 3.00 bits per heavy atom. The molecule has 1 aliphatic carbocycles. The summed E-state index contributed by atoms with van der Waals surface area (Å²) in [7, 11) is 0. The molecule has 0 spiro atoms. The highest BCUT2D eigenvalue weighted by atomic mass is 79.9. The van der Waals surface area contributed by atoms with Gasteiger partial charge in [0.25, 0.3) is 0 Å². The minimum Gasteiger partial charge on any atom is -0.361 e. The Morgan fingerprint density at radius 2 is 2.19 bits per heavy atom. The molecule has 1 saturated carbocycles. The van der Waals surface area contributed by atoms with Gasteiger partial charge in [-0.2, -0.15) is 0 Å². The second kappa shape index (κ2) is 5.42. The molecule has 110 valence electrons. The van der Waals surface area contributed by atoms with Crippen LogP contribution >= 0.6 is 15.9 Å². The monoisotopic (exact) mass is 347 g/mol. The summed E-state index contributed by atoms with van der Waals surface area (Å²) >= 11 is 3.72. The van der Waals surface area contributed by atoms with Crippen LogP contribution in [0.1, 0.15) is 24.2 Å². The number of halogens is 1. The molecule has 4 rings (SSSR count). The zero-order valence-electron chi connectivity index (χ0n) is 11.8. The van der Waals surface area contributed by atoms with Crippen molar-refractivity contribution in [1.29, 1.82) is 0 Å². The molecular formula is C15H18BrN5. The number of rotatable bonds is 4. The third-order valence-electron chi connectivity index (χ3n) is 4.16. The van der Waals surface area contributed by atoms with E-state index in [9.17, 15) is 0 Å². The first kappa shape index (κ1) is 13.3. The van der Waals surface area contributed by atoms with Crippen LogP contribution in [0.25, 0.3) is 0 Å². The maximum absolute atomic E-state index is 4.18. The van der Waals surface area contributed by atoms with Crippen molar-refractivity contribution in [3.8, 4) is 0 Å². The second-order valence-corrected chi connectivity index (χ2v) is 6.66. The normalized spacial score (nSPS) is 17.9. The molecule has 1 aliphatic heterocycles. The molecule has 2 heterocycles. The molecule has 1 aromatic heterocycles. The topological polar surface area (TPSA) is 46.0 Å². The van der Waals surface area contributed by atoms with Crippen LogP contribution in [-0.4, -0.2) is 27.4 Å². The van der Waals surface area contributed by atoms with Crippen LogP contribution < -0.4 is 10.2 Å². The molecule has 0 amide bonds. The van der Waals surface area contributed by atoms with Crippen molar-refractivity contribution in [3.63, 3.8) is 0 Å². The summed E-state index contributed by atoms with van der Waals surface area (Å²) in [5, 5.41) is 11.7. The van der Waals surface area contributed by atoms with Crippen molar-refractivity contribution in [2.45, 2.75) is 38.5 Å². The maximum atomic E-state index is 4.18. The molecule has 2 aliphatic rings. The van der Waals surface area contributed by atoms with E-state index >= 15 is 0 Å². The van der Waals surface area contributed by atoms with E-state index < -0.39 is 0 Å². The van der Waals surface area contributed by atoms with E-state index in [1.54, 1.807) is 0 Å². The molecule has 0 saturated heterocycles. The summed E-state index contributed by atoms with van der Waals surface area (Å²) in [5.41, 5.74) is 2.57. The zero-order chi connectivity index (χ0) is 14.2. The molecule has 21 heavy (non-hydrogen) atoms. The number of anilines is 1. The highest BCUT2D eigenvalue weighted by Crippen LogP contribution is 2.30. The Hall–Kier alpha value is -1.40. The Kier molecular flexibility index (Phi) is 3.43. The van der Waals surface area contributed by atoms with E-state index in [0.29, 0.717) is 0 Å². The van der Waals surface area contributed by atoms with Crippen LogP contribution in [0.4, 0.5) is 5.69 Å². The van der Waals surface area contributed by atoms with Gasteiger partial charge in [-0.15, -0.1) is 10.2 Å². The lowest BCUT2D eigenvalue weighted by atomic mass is 10.2. The molecule has 2 aromatic rings. The summed E-state index contributed by atoms with van der Waals surface area (Å²) in [5.74, 6) is 1.03. The van der Waals surface area contributed by atoms with Crippen molar-refractivity contribution in [2.24, 2.45) is 0 Å². The van der Waals surface area contributed by atoms with Crippen molar-refractivity contribution in [1.82, 2.24) is 20.1 Å². The standard InChI is InChI=1S/C15H18BrN5/c16-13-7-11(8-17-12-2-3-12)1-4-14(13)20-5-6-21-10-18-19-15(21)9-20/h1,4,7,10,12,17H,2-3,5-6,8-9H2. The van der Waals surface area contributed by atoms with E-state index in [1.165, 1.54) is 24.1 Å². The van der Waals surface area contributed by atoms with Gasteiger partial charge in [0.15, 0.2) is 5.82 Å². The number of benzene rings is 1. The first-order valence-corrected chi connectivity index (χ1v) is 8.22. The summed E-state index contributed by atoms with van der Waals surface area (Å²) in [6.45, 7) is 3.71. The van der Waals surface area contributed by atoms with Crippen molar-refractivity contribution in [3.05, 3.63) is 40.4 Å². The summed E-state index contributed by atoms with van der Waals surface area (Å²) in [6.07, 6.45) is 4.47. The van der Waals surface area contributed by atoms with Crippen LogP contribution in [0.2, 0.25) is 0 Å². The predicted molar refractivity (Wildman–Crippen MR) is 85.1 cm³/mol. The fourth-order valence-corrected chi connectivity index (χ4v) is 3.42. The number of hydrogen-bond acceptors (Lipinski definition) is 4. The number of hydrogen-bond donors (Lipinski definition) is 1. The first-order valence-electron chi connectivity index (χ1n) is 7.43. The molecule has 0 atom stereocenters. The van der Waals surface area contributed by atoms with Gasteiger partial charge >= 0.3 is 0 Å². The minimum atomic E-state index is 0.747. The molecule has 1 aromatic carbocycles. The fraction of sp³-hybridized carbons (Fsp3) is 0.467. The smallest absolute Gasteiger partial charge is 0.152 e. The lowest BCUT2D eigenvalue weighted by Crippen LogP contribution is -2.33. The van der Waals surface area contributed by atoms with Crippen LogP contribution in [-0.2, 0) is 19.6 Å². The van der Waals surface area contributed by atoms with Gasteiger partial charge in [0.05, 0.1) is 12.2 Å². The van der Waals surface area contributed by atoms with Crippen molar-refractivity contribution < 1.29 is 0 Å². The van der Waals surface area contributed by atoms with Crippen LogP contribution in [0.3, 0.4) is 0 Å². The van der Waals surface area contributed by atoms with E-state index in [2.05, 4.69) is 59.1 Å². The van der Waals surface area contributed by atoms with Gasteiger partial charge in [0.2, 0.25) is 0 Å². The molecule has 0 unspecified atom stereocenters. The summed E-state index contributed by atoms with van der Waals surface area (Å²) in [6, 6.07) is 7.40. The molecular weight excluding hydrogens is 330 g/mol. The Morgan fingerprint density at radius 1 is 1.29 bits per heavy atom. The highest BCUT2D eigenvalue weighted by molar-refractivity contribution is 9.10. The van der Waals surface area contributed by atoms with Gasteiger partial charge in [0.1, 0.15) is 6.33 Å². The third kappa shape index (κ3) is 2.82. The van der Waals surface area contributed by atoms with E-state index in [0.717, 1.165) is 42.5 Å². The molecule has 6 heteroatoms. The van der Waals surface area contributed by atoms with Gasteiger partial charge in [0, 0.05) is 30.1 Å². The van der Waals surface area contributed by atoms with Gasteiger partial charge in [-0.25, -0.2) is 0 Å². The van der Waals surface area contributed by atoms with Gasteiger partial charge in [-0.3, -0.25) is 0 Å². The Bertz CT molecular complexity index is 649. The quantitative estimate of drug-likeness (QED) is 0.921. The second-order valence-electron chi connectivity index (χ2n) is 5.80. The van der Waals surface area contributed by atoms with Crippen LogP contribution in [0, 0.1) is 0 Å². The average Bonchev–Trinajstić information content (AvgIpc) is 3.21. The van der Waals surface area contributed by atoms with E-state index in [4.69, 9.17) is 0 Å². The zero-order valence-corrected chi connectivity index (χ0v) is 13.4. The molecule has 5 nitrogen and oxygen atoms in total. The predicted octanol–water partition coefficient (Wildman–Crippen LogP) is 2.31. The highest BCUT2D eigenvalue weighted by Gasteiger charge is 2.21. The SMILES string of the molecule is Brc1cc(CNC2CC2)ccc1N1CCn2cnnc2C1. The third-order valence-corrected chi connectivity index (χ3v) is 4.80. The number of nitrogens with zero attached hydrogens (tertiary/aromatic N) is 4. The Balaban J connectivity index is 1.49. The van der Waals surface area contributed by atoms with Crippen molar-refractivity contribution in [2.75, 3.05) is 11.4 Å². The summed E-state index contributed by atoms with van der Waals surface area (Å²) < 4.78 is 3.28. The first-order chi connectivity index (χ1) is 10.3. The number of aromatic nitrogens is 3. The van der Waals surface area contributed by atoms with Gasteiger partial charge < -0.3 is 14.8 Å². The average molecular weight is 348 g/mol. The van der Waals surface area contributed by atoms with Crippen LogP contribution in [0.15, 0.2) is 29.0 Å².